The molecule has 0 bridgehead atoms. The highest BCUT2D eigenvalue weighted by atomic mass is 19.1. The maximum absolute atomic E-state index is 14.7. The minimum Gasteiger partial charge on any atom is -0.365 e. The van der Waals surface area contributed by atoms with Crippen LogP contribution in [0.4, 0.5) is 21.7 Å². The Morgan fingerprint density at radius 1 is 1.28 bits per heavy atom. The molecule has 1 amide bonds. The number of amides is 1. The average Bonchev–Trinajstić information content (AvgIpc) is 3.08. The van der Waals surface area contributed by atoms with Crippen molar-refractivity contribution >= 4 is 34.1 Å². The van der Waals surface area contributed by atoms with Gasteiger partial charge >= 0.3 is 0 Å². The maximum atomic E-state index is 14.7. The number of nitrogens with zero attached hydrogens (tertiary/aromatic N) is 3. The minimum atomic E-state index is -0.770. The van der Waals surface area contributed by atoms with Crippen molar-refractivity contribution < 1.29 is 9.18 Å². The molecule has 2 unspecified atom stereocenters. The van der Waals surface area contributed by atoms with Gasteiger partial charge in [0.1, 0.15) is 5.82 Å². The predicted octanol–water partition coefficient (Wildman–Crippen LogP) is 2.63. The van der Waals surface area contributed by atoms with E-state index in [9.17, 15) is 9.18 Å². The quantitative estimate of drug-likeness (QED) is 0.525. The zero-order valence-electron chi connectivity index (χ0n) is 16.2. The van der Waals surface area contributed by atoms with Gasteiger partial charge in [0.2, 0.25) is 0 Å². The summed E-state index contributed by atoms with van der Waals surface area (Å²) < 4.78 is 16.6. The van der Waals surface area contributed by atoms with Gasteiger partial charge in [-0.1, -0.05) is 12.8 Å². The third kappa shape index (κ3) is 3.73. The van der Waals surface area contributed by atoms with Crippen molar-refractivity contribution in [1.82, 2.24) is 14.5 Å². The second-order valence-electron chi connectivity index (χ2n) is 7.45. The van der Waals surface area contributed by atoms with Gasteiger partial charge in [0.25, 0.3) is 5.91 Å². The van der Waals surface area contributed by atoms with Crippen LogP contribution >= 0.6 is 0 Å². The Morgan fingerprint density at radius 3 is 2.83 bits per heavy atom. The number of hydrogen-bond donors (Lipinski definition) is 4. The van der Waals surface area contributed by atoms with Gasteiger partial charge in [-0.25, -0.2) is 9.37 Å². The van der Waals surface area contributed by atoms with E-state index >= 15 is 0 Å². The third-order valence-corrected chi connectivity index (χ3v) is 5.45. The number of hydrogen-bond acceptors (Lipinski definition) is 6. The van der Waals surface area contributed by atoms with Crippen molar-refractivity contribution in [3.8, 4) is 0 Å². The van der Waals surface area contributed by atoms with Crippen molar-refractivity contribution in [3.63, 3.8) is 0 Å². The lowest BCUT2D eigenvalue weighted by atomic mass is 9.91. The molecule has 0 spiro atoms. The fourth-order valence-electron chi connectivity index (χ4n) is 3.80. The summed E-state index contributed by atoms with van der Waals surface area (Å²) in [5.41, 5.74) is 13.1. The molecule has 152 valence electrons. The highest BCUT2D eigenvalue weighted by Crippen LogP contribution is 2.29. The number of pyridine rings is 2. The molecule has 1 aliphatic rings. The number of aryl methyl sites for hydroxylation is 1. The van der Waals surface area contributed by atoms with Crippen LogP contribution in [0.25, 0.3) is 10.9 Å². The van der Waals surface area contributed by atoms with Gasteiger partial charge in [0.15, 0.2) is 11.6 Å². The van der Waals surface area contributed by atoms with Gasteiger partial charge in [0, 0.05) is 30.7 Å². The largest absolute Gasteiger partial charge is 0.365 e. The van der Waals surface area contributed by atoms with Crippen molar-refractivity contribution in [2.24, 2.45) is 18.5 Å². The molecule has 1 fully saturated rings. The molecule has 3 heterocycles. The second-order valence-corrected chi connectivity index (χ2v) is 7.45. The minimum absolute atomic E-state index is 0.0334. The van der Waals surface area contributed by atoms with Gasteiger partial charge in [-0.15, -0.1) is 0 Å². The molecule has 1 saturated carbocycles. The number of anilines is 3. The van der Waals surface area contributed by atoms with Gasteiger partial charge < -0.3 is 26.7 Å². The molecule has 0 radical (unpaired) electrons. The summed E-state index contributed by atoms with van der Waals surface area (Å²) in [4.78, 5) is 20.5. The van der Waals surface area contributed by atoms with Crippen molar-refractivity contribution in [1.29, 1.82) is 0 Å². The number of nitrogens with one attached hydrogen (secondary N) is 2. The summed E-state index contributed by atoms with van der Waals surface area (Å²) in [6.45, 7) is 0. The van der Waals surface area contributed by atoms with Crippen molar-refractivity contribution in [2.45, 2.75) is 37.8 Å². The number of fused-ring (bicyclic) bond motifs is 1. The second kappa shape index (κ2) is 7.67. The van der Waals surface area contributed by atoms with E-state index in [2.05, 4.69) is 20.6 Å². The van der Waals surface area contributed by atoms with E-state index in [0.29, 0.717) is 5.69 Å². The summed E-state index contributed by atoms with van der Waals surface area (Å²) in [6.07, 6.45) is 9.09. The Hall–Kier alpha value is -3.20. The topological polar surface area (TPSA) is 124 Å². The molecule has 9 heteroatoms. The van der Waals surface area contributed by atoms with Gasteiger partial charge in [0.05, 0.1) is 29.2 Å². The lowest BCUT2D eigenvalue weighted by Crippen LogP contribution is -2.43. The number of halogens is 1. The number of primary amides is 1. The van der Waals surface area contributed by atoms with Crippen molar-refractivity contribution in [2.75, 3.05) is 10.6 Å². The average molecular weight is 397 g/mol. The van der Waals surface area contributed by atoms with Crippen LogP contribution in [0, 0.1) is 5.82 Å². The highest BCUT2D eigenvalue weighted by Gasteiger charge is 2.24. The molecule has 6 N–H and O–H groups in total. The maximum Gasteiger partial charge on any atom is 0.252 e. The lowest BCUT2D eigenvalue weighted by Gasteiger charge is -2.30. The zero-order chi connectivity index (χ0) is 20.5. The first kappa shape index (κ1) is 19.1. The number of carbonyl (C=O) groups excluding carboxylic acids is 1. The number of nitrogens with two attached hydrogens (primary N) is 2. The van der Waals surface area contributed by atoms with Gasteiger partial charge in [-0.2, -0.15) is 0 Å². The summed E-state index contributed by atoms with van der Waals surface area (Å²) in [5.74, 6) is -1.19. The van der Waals surface area contributed by atoms with Crippen LogP contribution in [0.3, 0.4) is 0 Å². The zero-order valence-corrected chi connectivity index (χ0v) is 16.2. The van der Waals surface area contributed by atoms with E-state index in [4.69, 9.17) is 11.5 Å². The van der Waals surface area contributed by atoms with Crippen LogP contribution in [-0.4, -0.2) is 32.5 Å². The first-order chi connectivity index (χ1) is 13.9. The Morgan fingerprint density at radius 2 is 2.07 bits per heavy atom. The van der Waals surface area contributed by atoms with Gasteiger partial charge in [-0.05, 0) is 25.0 Å². The highest BCUT2D eigenvalue weighted by molar-refractivity contribution is 6.00. The van der Waals surface area contributed by atoms with E-state index in [1.54, 1.807) is 12.4 Å². The lowest BCUT2D eigenvalue weighted by molar-refractivity contribution is 0.100. The van der Waals surface area contributed by atoms with Gasteiger partial charge in [-0.3, -0.25) is 9.78 Å². The van der Waals surface area contributed by atoms with Crippen LogP contribution in [-0.2, 0) is 7.05 Å². The summed E-state index contributed by atoms with van der Waals surface area (Å²) in [5, 5.41) is 7.11. The normalized spacial score (nSPS) is 19.3. The van der Waals surface area contributed by atoms with Crippen LogP contribution in [0.5, 0.6) is 0 Å². The molecular formula is C20H24FN7O. The van der Waals surface area contributed by atoms with Crippen LogP contribution in [0.15, 0.2) is 30.7 Å². The molecular weight excluding hydrogens is 373 g/mol. The number of rotatable bonds is 5. The van der Waals surface area contributed by atoms with E-state index in [0.717, 1.165) is 42.7 Å². The van der Waals surface area contributed by atoms with E-state index in [1.165, 1.54) is 0 Å². The third-order valence-electron chi connectivity index (χ3n) is 5.45. The molecule has 0 saturated heterocycles. The SMILES string of the molecule is Cn1ccc2c(Nc3nc(NC4CCCCC4N)c(F)cc3C(N)=O)cncc21. The van der Waals surface area contributed by atoms with Crippen LogP contribution in [0.2, 0.25) is 0 Å². The van der Waals surface area contributed by atoms with E-state index in [-0.39, 0.29) is 29.3 Å². The molecule has 1 aliphatic carbocycles. The van der Waals surface area contributed by atoms with E-state index < -0.39 is 11.7 Å². The Kier molecular flexibility index (Phi) is 5.06. The molecule has 8 nitrogen and oxygen atoms in total. The fourth-order valence-corrected chi connectivity index (χ4v) is 3.80. The monoisotopic (exact) mass is 397 g/mol. The van der Waals surface area contributed by atoms with Crippen LogP contribution in [0.1, 0.15) is 36.0 Å². The Balaban J connectivity index is 1.71. The summed E-state index contributed by atoms with van der Waals surface area (Å²) in [6, 6.07) is 2.89. The van der Waals surface area contributed by atoms with E-state index in [1.807, 2.05) is 23.9 Å². The standard InChI is InChI=1S/C20H24FN7O/c1-28-7-6-11-16(9-24-10-17(11)28)26-19-12(18(23)29)8-13(21)20(27-19)25-15-5-3-2-4-14(15)22/h6-10,14-15H,2-5,22H2,1H3,(H2,23,29)(H2,25,26,27). The fraction of sp³-hybridized carbons (Fsp3) is 0.350. The molecule has 4 rings (SSSR count). The molecule has 3 aromatic heterocycles. The molecule has 0 aliphatic heterocycles. The first-order valence-corrected chi connectivity index (χ1v) is 9.62. The molecule has 2 atom stereocenters. The first-order valence-electron chi connectivity index (χ1n) is 9.62. The predicted molar refractivity (Wildman–Crippen MR) is 111 cm³/mol. The molecule has 29 heavy (non-hydrogen) atoms. The molecule has 3 aromatic rings. The Labute approximate surface area is 167 Å². The number of aromatic nitrogens is 3. The summed E-state index contributed by atoms with van der Waals surface area (Å²) in [7, 11) is 1.91. The summed E-state index contributed by atoms with van der Waals surface area (Å²) >= 11 is 0. The van der Waals surface area contributed by atoms with Crippen LogP contribution < -0.4 is 22.1 Å². The smallest absolute Gasteiger partial charge is 0.252 e. The molecule has 0 aromatic carbocycles. The van der Waals surface area contributed by atoms with Crippen molar-refractivity contribution in [3.05, 3.63) is 42.1 Å². The number of carbonyl (C=O) groups is 1. The Bertz CT molecular complexity index is 1060.